The fourth-order valence-corrected chi connectivity index (χ4v) is 3.82. The second-order valence-corrected chi connectivity index (χ2v) is 8.64. The molecule has 2 aromatic rings. The Kier molecular flexibility index (Phi) is 9.67. The molecule has 0 saturated carbocycles. The summed E-state index contributed by atoms with van der Waals surface area (Å²) >= 11 is 4.87. The average Bonchev–Trinajstić information content (AvgIpc) is 2.72. The monoisotopic (exact) mass is 480 g/mol. The number of nitrogens with one attached hydrogen (secondary N) is 1. The van der Waals surface area contributed by atoms with Crippen LogP contribution in [-0.4, -0.2) is 35.1 Å². The molecule has 7 heteroatoms. The highest BCUT2D eigenvalue weighted by molar-refractivity contribution is 9.10. The minimum absolute atomic E-state index is 0.0980. The van der Waals surface area contributed by atoms with Crippen molar-refractivity contribution < 1.29 is 14.0 Å². The van der Waals surface area contributed by atoms with Gasteiger partial charge >= 0.3 is 0 Å². The second kappa shape index (κ2) is 12.0. The van der Waals surface area contributed by atoms with Crippen molar-refractivity contribution >= 4 is 39.5 Å². The number of nitrogens with zero attached hydrogens (tertiary/aromatic N) is 1. The summed E-state index contributed by atoms with van der Waals surface area (Å²) in [6, 6.07) is 13.4. The first-order valence-corrected chi connectivity index (χ1v) is 11.5. The fourth-order valence-electron chi connectivity index (χ4n) is 2.68. The number of thioether (sulfide) groups is 1. The van der Waals surface area contributed by atoms with Gasteiger partial charge in [-0.15, -0.1) is 11.8 Å². The van der Waals surface area contributed by atoms with E-state index in [0.717, 1.165) is 22.0 Å². The SMILES string of the molecule is CCCNC(=O)[C@H](C)N(Cc1ccc(Br)cc1)C(=O)CSCc1ccc(F)cc1. The maximum Gasteiger partial charge on any atom is 0.242 e. The van der Waals surface area contributed by atoms with Gasteiger partial charge in [0.15, 0.2) is 0 Å². The molecule has 0 aliphatic rings. The molecular formula is C22H26BrFN2O2S. The third-order valence-corrected chi connectivity index (χ3v) is 5.91. The molecular weight excluding hydrogens is 455 g/mol. The van der Waals surface area contributed by atoms with Crippen LogP contribution in [0.5, 0.6) is 0 Å². The van der Waals surface area contributed by atoms with Crippen LogP contribution in [-0.2, 0) is 21.9 Å². The van der Waals surface area contributed by atoms with Gasteiger partial charge in [-0.2, -0.15) is 0 Å². The van der Waals surface area contributed by atoms with Crippen molar-refractivity contribution in [1.29, 1.82) is 0 Å². The Balaban J connectivity index is 2.03. The Hall–Kier alpha value is -1.86. The van der Waals surface area contributed by atoms with Crippen molar-refractivity contribution in [2.24, 2.45) is 0 Å². The molecule has 0 fully saturated rings. The molecule has 4 nitrogen and oxygen atoms in total. The number of rotatable bonds is 10. The number of amides is 2. The zero-order valence-electron chi connectivity index (χ0n) is 16.7. The number of carbonyl (C=O) groups excluding carboxylic acids is 2. The van der Waals surface area contributed by atoms with Crippen molar-refractivity contribution in [2.45, 2.75) is 38.6 Å². The minimum Gasteiger partial charge on any atom is -0.354 e. The predicted octanol–water partition coefficient (Wildman–Crippen LogP) is 4.76. The molecule has 0 radical (unpaired) electrons. The van der Waals surface area contributed by atoms with E-state index >= 15 is 0 Å². The van der Waals surface area contributed by atoms with E-state index in [1.165, 1.54) is 23.9 Å². The summed E-state index contributed by atoms with van der Waals surface area (Å²) in [7, 11) is 0. The molecule has 2 aromatic carbocycles. The maximum absolute atomic E-state index is 13.0. The Morgan fingerprint density at radius 1 is 1.10 bits per heavy atom. The molecule has 2 rings (SSSR count). The van der Waals surface area contributed by atoms with Gasteiger partial charge in [0.2, 0.25) is 11.8 Å². The minimum atomic E-state index is -0.566. The number of benzene rings is 2. The third-order valence-electron chi connectivity index (χ3n) is 4.39. The molecule has 2 amide bonds. The van der Waals surface area contributed by atoms with Gasteiger partial charge in [0, 0.05) is 23.3 Å². The number of halogens is 2. The third kappa shape index (κ3) is 7.82. The van der Waals surface area contributed by atoms with E-state index in [0.29, 0.717) is 18.8 Å². The van der Waals surface area contributed by atoms with Gasteiger partial charge in [-0.3, -0.25) is 9.59 Å². The van der Waals surface area contributed by atoms with Crippen LogP contribution >= 0.6 is 27.7 Å². The number of carbonyl (C=O) groups is 2. The molecule has 0 aliphatic carbocycles. The Labute approximate surface area is 184 Å². The van der Waals surface area contributed by atoms with Gasteiger partial charge in [0.25, 0.3) is 0 Å². The van der Waals surface area contributed by atoms with Crippen molar-refractivity contribution in [2.75, 3.05) is 12.3 Å². The summed E-state index contributed by atoms with van der Waals surface area (Å²) in [5.41, 5.74) is 1.91. The lowest BCUT2D eigenvalue weighted by Crippen LogP contribution is -2.48. The van der Waals surface area contributed by atoms with Crippen LogP contribution in [0.2, 0.25) is 0 Å². The molecule has 0 aromatic heterocycles. The summed E-state index contributed by atoms with van der Waals surface area (Å²) < 4.78 is 14.0. The fraction of sp³-hybridized carbons (Fsp3) is 0.364. The first-order valence-electron chi connectivity index (χ1n) is 9.54. The summed E-state index contributed by atoms with van der Waals surface area (Å²) in [6.45, 7) is 4.70. The normalized spacial score (nSPS) is 11.7. The van der Waals surface area contributed by atoms with E-state index in [2.05, 4.69) is 21.2 Å². The van der Waals surface area contributed by atoms with Crippen molar-refractivity contribution in [3.63, 3.8) is 0 Å². The maximum atomic E-state index is 13.0. The molecule has 0 unspecified atom stereocenters. The van der Waals surface area contributed by atoms with Crippen molar-refractivity contribution in [3.05, 3.63) is 69.9 Å². The van der Waals surface area contributed by atoms with E-state index in [1.807, 2.05) is 31.2 Å². The van der Waals surface area contributed by atoms with Crippen LogP contribution in [0.3, 0.4) is 0 Å². The van der Waals surface area contributed by atoms with E-state index in [1.54, 1.807) is 24.0 Å². The average molecular weight is 481 g/mol. The van der Waals surface area contributed by atoms with Gasteiger partial charge < -0.3 is 10.2 Å². The number of hydrogen-bond acceptors (Lipinski definition) is 3. The highest BCUT2D eigenvalue weighted by Crippen LogP contribution is 2.17. The quantitative estimate of drug-likeness (QED) is 0.532. The van der Waals surface area contributed by atoms with Gasteiger partial charge in [-0.25, -0.2) is 4.39 Å². The van der Waals surface area contributed by atoms with E-state index < -0.39 is 6.04 Å². The Morgan fingerprint density at radius 3 is 2.34 bits per heavy atom. The van der Waals surface area contributed by atoms with Crippen molar-refractivity contribution in [3.8, 4) is 0 Å². The molecule has 1 atom stereocenters. The summed E-state index contributed by atoms with van der Waals surface area (Å²) in [4.78, 5) is 27.0. The van der Waals surface area contributed by atoms with Gasteiger partial charge in [0.05, 0.1) is 5.75 Å². The first-order chi connectivity index (χ1) is 13.9. The standard InChI is InChI=1S/C22H26BrFN2O2S/c1-3-12-25-22(28)16(2)26(13-17-4-8-19(23)9-5-17)21(27)15-29-14-18-6-10-20(24)11-7-18/h4-11,16H,3,12-15H2,1-2H3,(H,25,28)/t16-/m0/s1. The van der Waals surface area contributed by atoms with Crippen LogP contribution in [0.4, 0.5) is 4.39 Å². The Bertz CT molecular complexity index is 799. The molecule has 0 spiro atoms. The zero-order valence-corrected chi connectivity index (χ0v) is 19.1. The second-order valence-electron chi connectivity index (χ2n) is 6.73. The highest BCUT2D eigenvalue weighted by atomic mass is 79.9. The smallest absolute Gasteiger partial charge is 0.242 e. The van der Waals surface area contributed by atoms with Crippen LogP contribution in [0, 0.1) is 5.82 Å². The molecule has 0 saturated heterocycles. The lowest BCUT2D eigenvalue weighted by Gasteiger charge is -2.28. The van der Waals surface area contributed by atoms with Gasteiger partial charge in [-0.05, 0) is 48.7 Å². The van der Waals surface area contributed by atoms with E-state index in [-0.39, 0.29) is 23.4 Å². The Morgan fingerprint density at radius 2 is 1.72 bits per heavy atom. The molecule has 156 valence electrons. The van der Waals surface area contributed by atoms with Crippen LogP contribution in [0.25, 0.3) is 0 Å². The molecule has 29 heavy (non-hydrogen) atoms. The molecule has 1 N–H and O–H groups in total. The van der Waals surface area contributed by atoms with Crippen LogP contribution < -0.4 is 5.32 Å². The van der Waals surface area contributed by atoms with Crippen LogP contribution in [0.1, 0.15) is 31.4 Å². The van der Waals surface area contributed by atoms with E-state index in [9.17, 15) is 14.0 Å². The summed E-state index contributed by atoms with van der Waals surface area (Å²) in [5, 5.41) is 2.87. The largest absolute Gasteiger partial charge is 0.354 e. The van der Waals surface area contributed by atoms with Crippen molar-refractivity contribution in [1.82, 2.24) is 10.2 Å². The zero-order chi connectivity index (χ0) is 21.2. The lowest BCUT2D eigenvalue weighted by molar-refractivity contribution is -0.138. The van der Waals surface area contributed by atoms with Crippen LogP contribution in [0.15, 0.2) is 53.0 Å². The molecule has 0 heterocycles. The predicted molar refractivity (Wildman–Crippen MR) is 120 cm³/mol. The topological polar surface area (TPSA) is 49.4 Å². The van der Waals surface area contributed by atoms with Gasteiger partial charge in [-0.1, -0.05) is 47.1 Å². The summed E-state index contributed by atoms with van der Waals surface area (Å²) in [6.07, 6.45) is 0.840. The van der Waals surface area contributed by atoms with E-state index in [4.69, 9.17) is 0 Å². The van der Waals surface area contributed by atoms with Gasteiger partial charge in [0.1, 0.15) is 11.9 Å². The number of hydrogen-bond donors (Lipinski definition) is 1. The molecule has 0 bridgehead atoms. The summed E-state index contributed by atoms with van der Waals surface area (Å²) in [5.74, 6) is 0.330. The molecule has 0 aliphatic heterocycles. The lowest BCUT2D eigenvalue weighted by atomic mass is 10.1. The first kappa shape index (κ1) is 23.4. The highest BCUT2D eigenvalue weighted by Gasteiger charge is 2.25.